The molecule has 0 radical (unpaired) electrons. The maximum Gasteiger partial charge on any atom is 0.257 e. The first kappa shape index (κ1) is 21.6. The monoisotopic (exact) mass is 438 g/mol. The first-order valence-electron chi connectivity index (χ1n) is 10.8. The molecule has 1 aliphatic carbocycles. The third-order valence-corrected chi connectivity index (χ3v) is 7.43. The van der Waals surface area contributed by atoms with Crippen molar-refractivity contribution in [2.45, 2.75) is 43.9 Å². The van der Waals surface area contributed by atoms with Crippen LogP contribution in [-0.2, 0) is 16.0 Å². The highest BCUT2D eigenvalue weighted by Crippen LogP contribution is 2.40. The minimum atomic E-state index is -0.337. The highest BCUT2D eigenvalue weighted by molar-refractivity contribution is 8.04. The summed E-state index contributed by atoms with van der Waals surface area (Å²) < 4.78 is 13.9. The van der Waals surface area contributed by atoms with Crippen molar-refractivity contribution in [3.05, 3.63) is 75.9 Å². The van der Waals surface area contributed by atoms with Gasteiger partial charge in [-0.3, -0.25) is 9.59 Å². The largest absolute Gasteiger partial charge is 0.356 e. The lowest BCUT2D eigenvalue weighted by atomic mass is 9.84. The molecular formula is C25H27FN2O2S. The van der Waals surface area contributed by atoms with Crippen LogP contribution in [0.1, 0.15) is 36.0 Å². The van der Waals surface area contributed by atoms with E-state index in [0.717, 1.165) is 19.3 Å². The molecule has 2 aromatic carbocycles. The second-order valence-electron chi connectivity index (χ2n) is 8.30. The Morgan fingerprint density at radius 1 is 1.19 bits per heavy atom. The number of hydrogen-bond acceptors (Lipinski definition) is 3. The number of halogens is 1. The summed E-state index contributed by atoms with van der Waals surface area (Å²) in [6, 6.07) is 14.8. The van der Waals surface area contributed by atoms with Crippen LogP contribution in [-0.4, -0.2) is 29.7 Å². The van der Waals surface area contributed by atoms with E-state index in [1.807, 2.05) is 0 Å². The molecule has 162 valence electrons. The predicted molar refractivity (Wildman–Crippen MR) is 123 cm³/mol. The van der Waals surface area contributed by atoms with Crippen LogP contribution in [0.4, 0.5) is 4.39 Å². The Balaban J connectivity index is 1.30. The first-order valence-corrected chi connectivity index (χ1v) is 11.6. The predicted octanol–water partition coefficient (Wildman–Crippen LogP) is 4.23. The zero-order chi connectivity index (χ0) is 21.8. The summed E-state index contributed by atoms with van der Waals surface area (Å²) in [5.41, 5.74) is 2.85. The SMILES string of the molecule is Cc1ccc(CCNC(=O)C2CCC3S/C(=C/c4ccccc4F)C(=O)NC3C2)cc1. The standard InChI is InChI=1S/C25H27FN2O2S/c1-16-6-8-17(9-7-16)12-13-27-24(29)19-10-11-22-21(14-19)28-25(30)23(31-22)15-18-4-2-3-5-20(18)26/h2-9,15,19,21-22H,10-14H2,1H3,(H,27,29)(H,28,30)/b23-15+. The molecule has 2 aromatic rings. The molecule has 2 fully saturated rings. The molecule has 6 heteroatoms. The summed E-state index contributed by atoms with van der Waals surface area (Å²) in [4.78, 5) is 25.8. The minimum absolute atomic E-state index is 0.0307. The fraction of sp³-hybridized carbons (Fsp3) is 0.360. The Morgan fingerprint density at radius 2 is 1.97 bits per heavy atom. The molecule has 2 N–H and O–H groups in total. The lowest BCUT2D eigenvalue weighted by Gasteiger charge is -2.39. The van der Waals surface area contributed by atoms with Gasteiger partial charge in [0.25, 0.3) is 5.91 Å². The lowest BCUT2D eigenvalue weighted by molar-refractivity contribution is -0.127. The second kappa shape index (κ2) is 9.69. The maximum absolute atomic E-state index is 13.9. The van der Waals surface area contributed by atoms with Crippen molar-refractivity contribution >= 4 is 29.7 Å². The molecule has 1 heterocycles. The highest BCUT2D eigenvalue weighted by atomic mass is 32.2. The van der Waals surface area contributed by atoms with E-state index in [-0.39, 0.29) is 34.8 Å². The van der Waals surface area contributed by atoms with E-state index in [0.29, 0.717) is 23.4 Å². The molecule has 3 unspecified atom stereocenters. The van der Waals surface area contributed by atoms with Gasteiger partial charge in [-0.2, -0.15) is 0 Å². The number of nitrogens with one attached hydrogen (secondary N) is 2. The fourth-order valence-electron chi connectivity index (χ4n) is 4.19. The number of rotatable bonds is 5. The average molecular weight is 439 g/mol. The molecule has 3 atom stereocenters. The van der Waals surface area contributed by atoms with E-state index < -0.39 is 0 Å². The quantitative estimate of drug-likeness (QED) is 0.687. The van der Waals surface area contributed by atoms with Crippen molar-refractivity contribution in [1.29, 1.82) is 0 Å². The third kappa shape index (κ3) is 5.37. The van der Waals surface area contributed by atoms with Crippen LogP contribution in [0.3, 0.4) is 0 Å². The number of benzene rings is 2. The van der Waals surface area contributed by atoms with Gasteiger partial charge in [0, 0.05) is 29.3 Å². The van der Waals surface area contributed by atoms with E-state index in [4.69, 9.17) is 0 Å². The maximum atomic E-state index is 13.9. The first-order chi connectivity index (χ1) is 15.0. The van der Waals surface area contributed by atoms with E-state index in [9.17, 15) is 14.0 Å². The summed E-state index contributed by atoms with van der Waals surface area (Å²) >= 11 is 1.51. The number of carbonyl (C=O) groups is 2. The molecular weight excluding hydrogens is 411 g/mol. The summed E-state index contributed by atoms with van der Waals surface area (Å²) in [6.45, 7) is 2.67. The van der Waals surface area contributed by atoms with Crippen LogP contribution in [0.2, 0.25) is 0 Å². The van der Waals surface area contributed by atoms with Gasteiger partial charge < -0.3 is 10.6 Å². The molecule has 2 aliphatic rings. The Bertz CT molecular complexity index is 989. The third-order valence-electron chi connectivity index (χ3n) is 6.00. The van der Waals surface area contributed by atoms with Crippen LogP contribution in [0.5, 0.6) is 0 Å². The zero-order valence-electron chi connectivity index (χ0n) is 17.6. The highest BCUT2D eigenvalue weighted by Gasteiger charge is 2.39. The van der Waals surface area contributed by atoms with Gasteiger partial charge in [-0.05, 0) is 50.3 Å². The zero-order valence-corrected chi connectivity index (χ0v) is 18.4. The van der Waals surface area contributed by atoms with Crippen LogP contribution in [0.25, 0.3) is 6.08 Å². The summed E-state index contributed by atoms with van der Waals surface area (Å²) in [5.74, 6) is -0.541. The normalized spacial score (nSPS) is 24.4. The smallest absolute Gasteiger partial charge is 0.257 e. The topological polar surface area (TPSA) is 58.2 Å². The van der Waals surface area contributed by atoms with Crippen LogP contribution >= 0.6 is 11.8 Å². The number of aryl methyl sites for hydroxylation is 1. The van der Waals surface area contributed by atoms with Crippen molar-refractivity contribution in [2.24, 2.45) is 5.92 Å². The Hall–Kier alpha value is -2.60. The van der Waals surface area contributed by atoms with Crippen molar-refractivity contribution < 1.29 is 14.0 Å². The number of carbonyl (C=O) groups excluding carboxylic acids is 2. The minimum Gasteiger partial charge on any atom is -0.356 e. The van der Waals surface area contributed by atoms with Crippen molar-refractivity contribution in [1.82, 2.24) is 10.6 Å². The van der Waals surface area contributed by atoms with Crippen LogP contribution < -0.4 is 10.6 Å². The molecule has 1 saturated heterocycles. The summed E-state index contributed by atoms with van der Waals surface area (Å²) in [5, 5.41) is 6.32. The molecule has 31 heavy (non-hydrogen) atoms. The fourth-order valence-corrected chi connectivity index (χ4v) is 5.48. The van der Waals surface area contributed by atoms with Gasteiger partial charge in [0.2, 0.25) is 5.91 Å². The molecule has 0 spiro atoms. The van der Waals surface area contributed by atoms with Gasteiger partial charge in [0.15, 0.2) is 0 Å². The van der Waals surface area contributed by atoms with Crippen molar-refractivity contribution in [3.63, 3.8) is 0 Å². The van der Waals surface area contributed by atoms with Crippen LogP contribution in [0.15, 0.2) is 53.4 Å². The summed E-state index contributed by atoms with van der Waals surface area (Å²) in [7, 11) is 0. The van der Waals surface area contributed by atoms with Gasteiger partial charge in [-0.1, -0.05) is 48.0 Å². The molecule has 1 saturated carbocycles. The average Bonchev–Trinajstić information content (AvgIpc) is 2.76. The van der Waals surface area contributed by atoms with E-state index in [1.165, 1.54) is 29.0 Å². The van der Waals surface area contributed by atoms with E-state index in [2.05, 4.69) is 41.8 Å². The number of thioether (sulfide) groups is 1. The molecule has 2 amide bonds. The van der Waals surface area contributed by atoms with Gasteiger partial charge in [-0.15, -0.1) is 11.8 Å². The van der Waals surface area contributed by atoms with Gasteiger partial charge in [0.1, 0.15) is 5.82 Å². The summed E-state index contributed by atoms with van der Waals surface area (Å²) in [6.07, 6.45) is 4.72. The number of amides is 2. The lowest BCUT2D eigenvalue weighted by Crippen LogP contribution is -2.51. The Morgan fingerprint density at radius 3 is 2.74 bits per heavy atom. The molecule has 4 nitrogen and oxygen atoms in total. The Kier molecular flexibility index (Phi) is 6.76. The molecule has 1 aliphatic heterocycles. The number of fused-ring (bicyclic) bond motifs is 1. The van der Waals surface area contributed by atoms with Crippen molar-refractivity contribution in [3.8, 4) is 0 Å². The molecule has 0 bridgehead atoms. The van der Waals surface area contributed by atoms with Crippen molar-refractivity contribution in [2.75, 3.05) is 6.54 Å². The molecule has 0 aromatic heterocycles. The van der Waals surface area contributed by atoms with Gasteiger partial charge >= 0.3 is 0 Å². The molecule has 4 rings (SSSR count). The van der Waals surface area contributed by atoms with Crippen LogP contribution in [0, 0.1) is 18.7 Å². The Labute approximate surface area is 186 Å². The van der Waals surface area contributed by atoms with Gasteiger partial charge in [0.05, 0.1) is 4.91 Å². The van der Waals surface area contributed by atoms with Gasteiger partial charge in [-0.25, -0.2) is 4.39 Å². The second-order valence-corrected chi connectivity index (χ2v) is 9.58. The number of hydrogen-bond donors (Lipinski definition) is 2. The van der Waals surface area contributed by atoms with E-state index in [1.54, 1.807) is 24.3 Å². The van der Waals surface area contributed by atoms with E-state index >= 15 is 0 Å².